The number of pyridine rings is 1. The van der Waals surface area contributed by atoms with Gasteiger partial charge in [0.1, 0.15) is 0 Å². The van der Waals surface area contributed by atoms with Gasteiger partial charge in [0.05, 0.1) is 5.69 Å². The Kier molecular flexibility index (Phi) is 2.83. The smallest absolute Gasteiger partial charge is 0.153 e. The highest BCUT2D eigenvalue weighted by molar-refractivity contribution is 5.92. The van der Waals surface area contributed by atoms with E-state index < -0.39 is 0 Å². The summed E-state index contributed by atoms with van der Waals surface area (Å²) >= 11 is 0. The van der Waals surface area contributed by atoms with Crippen LogP contribution in [0.15, 0.2) is 48.8 Å². The Hall–Kier alpha value is -2.49. The summed E-state index contributed by atoms with van der Waals surface area (Å²) in [5, 5.41) is 10.4. The van der Waals surface area contributed by atoms with Gasteiger partial charge in [0.2, 0.25) is 0 Å². The summed E-state index contributed by atoms with van der Waals surface area (Å²) < 4.78 is 0. The summed E-state index contributed by atoms with van der Waals surface area (Å²) in [5.41, 5.74) is 7.99. The average molecular weight is 250 g/mol. The Morgan fingerprint density at radius 3 is 2.37 bits per heavy atom. The van der Waals surface area contributed by atoms with Gasteiger partial charge < -0.3 is 5.73 Å². The van der Waals surface area contributed by atoms with Crippen molar-refractivity contribution in [1.29, 1.82) is 0 Å². The van der Waals surface area contributed by atoms with Crippen molar-refractivity contribution in [2.75, 3.05) is 5.73 Å². The normalized spacial score (nSPS) is 12.5. The van der Waals surface area contributed by atoms with Crippen LogP contribution in [0.2, 0.25) is 0 Å². The van der Waals surface area contributed by atoms with Crippen LogP contribution in [0, 0.1) is 0 Å². The van der Waals surface area contributed by atoms with Gasteiger partial charge in [-0.3, -0.25) is 4.98 Å². The molecule has 1 aromatic carbocycles. The van der Waals surface area contributed by atoms with Crippen LogP contribution in [-0.2, 0) is 0 Å². The molecule has 94 valence electrons. The second-order valence-electron chi connectivity index (χ2n) is 4.52. The summed E-state index contributed by atoms with van der Waals surface area (Å²) in [6.45, 7) is 2.11. The summed E-state index contributed by atoms with van der Waals surface area (Å²) in [4.78, 5) is 4.04. The molecule has 4 heteroatoms. The fourth-order valence-corrected chi connectivity index (χ4v) is 2.28. The number of nitrogens with zero attached hydrogens (tertiary/aromatic N) is 3. The van der Waals surface area contributed by atoms with E-state index in [0.717, 1.165) is 16.5 Å². The van der Waals surface area contributed by atoms with Crippen molar-refractivity contribution in [3.05, 3.63) is 60.0 Å². The number of nitrogens with two attached hydrogens (primary N) is 1. The molecule has 0 spiro atoms. The Labute approximate surface area is 111 Å². The summed E-state index contributed by atoms with van der Waals surface area (Å²) in [5.74, 6) is 0.627. The molecule has 2 heterocycles. The molecule has 3 rings (SSSR count). The summed E-state index contributed by atoms with van der Waals surface area (Å²) in [7, 11) is 0. The van der Waals surface area contributed by atoms with E-state index in [2.05, 4.69) is 22.1 Å². The predicted molar refractivity (Wildman–Crippen MR) is 75.7 cm³/mol. The number of hydrogen-bond donors (Lipinski definition) is 1. The van der Waals surface area contributed by atoms with E-state index in [1.165, 1.54) is 5.56 Å². The fourth-order valence-electron chi connectivity index (χ4n) is 2.28. The fraction of sp³-hybridized carbons (Fsp3) is 0.133. The molecule has 0 amide bonds. The van der Waals surface area contributed by atoms with Crippen molar-refractivity contribution in [3.63, 3.8) is 0 Å². The molecule has 2 N–H and O–H groups in total. The second-order valence-corrected chi connectivity index (χ2v) is 4.52. The zero-order chi connectivity index (χ0) is 13.2. The van der Waals surface area contributed by atoms with Gasteiger partial charge in [0.15, 0.2) is 5.82 Å². The highest BCUT2D eigenvalue weighted by Crippen LogP contribution is 2.29. The van der Waals surface area contributed by atoms with E-state index in [0.29, 0.717) is 5.82 Å². The largest absolute Gasteiger partial charge is 0.382 e. The lowest BCUT2D eigenvalue weighted by atomic mass is 9.95. The third-order valence-electron chi connectivity index (χ3n) is 3.36. The molecule has 0 saturated carbocycles. The van der Waals surface area contributed by atoms with Crippen molar-refractivity contribution in [1.82, 2.24) is 15.2 Å². The lowest BCUT2D eigenvalue weighted by Crippen LogP contribution is -2.04. The van der Waals surface area contributed by atoms with Crippen LogP contribution in [0.25, 0.3) is 10.8 Å². The first kappa shape index (κ1) is 11.6. The maximum Gasteiger partial charge on any atom is 0.153 e. The predicted octanol–water partition coefficient (Wildman–Crippen LogP) is 2.76. The molecule has 0 aliphatic heterocycles. The summed E-state index contributed by atoms with van der Waals surface area (Å²) in [6.07, 6.45) is 3.58. The van der Waals surface area contributed by atoms with Crippen molar-refractivity contribution < 1.29 is 0 Å². The number of aromatic nitrogens is 3. The lowest BCUT2D eigenvalue weighted by molar-refractivity contribution is 0.839. The van der Waals surface area contributed by atoms with Crippen LogP contribution in [-0.4, -0.2) is 15.2 Å². The SMILES string of the molecule is CC(c1ccncc1)c1nnc(N)c2ccccc12. The molecular formula is C15H14N4. The highest BCUT2D eigenvalue weighted by atomic mass is 15.1. The Morgan fingerprint density at radius 1 is 0.947 bits per heavy atom. The minimum atomic E-state index is 0.154. The number of nitrogen functional groups attached to an aromatic ring is 1. The molecule has 0 bridgehead atoms. The Bertz CT molecular complexity index is 710. The molecular weight excluding hydrogens is 236 g/mol. The lowest BCUT2D eigenvalue weighted by Gasteiger charge is -2.13. The monoisotopic (exact) mass is 250 g/mol. The molecule has 1 atom stereocenters. The molecule has 4 nitrogen and oxygen atoms in total. The highest BCUT2D eigenvalue weighted by Gasteiger charge is 2.15. The van der Waals surface area contributed by atoms with Crippen molar-refractivity contribution in [3.8, 4) is 0 Å². The molecule has 0 fully saturated rings. The van der Waals surface area contributed by atoms with Gasteiger partial charge in [-0.1, -0.05) is 31.2 Å². The standard InChI is InChI=1S/C15H14N4/c1-10(11-6-8-17-9-7-11)14-12-4-2-3-5-13(12)15(16)19-18-14/h2-10H,1H3,(H2,16,19). The molecule has 0 radical (unpaired) electrons. The van der Waals surface area contributed by atoms with Gasteiger partial charge in [-0.05, 0) is 17.7 Å². The van der Waals surface area contributed by atoms with Gasteiger partial charge in [0.25, 0.3) is 0 Å². The number of rotatable bonds is 2. The first-order valence-electron chi connectivity index (χ1n) is 6.18. The van der Waals surface area contributed by atoms with Crippen LogP contribution in [0.3, 0.4) is 0 Å². The van der Waals surface area contributed by atoms with E-state index in [1.54, 1.807) is 12.4 Å². The van der Waals surface area contributed by atoms with Crippen LogP contribution >= 0.6 is 0 Å². The van der Waals surface area contributed by atoms with Crippen molar-refractivity contribution in [2.45, 2.75) is 12.8 Å². The number of fused-ring (bicyclic) bond motifs is 1. The number of benzene rings is 1. The van der Waals surface area contributed by atoms with Crippen LogP contribution in [0.1, 0.15) is 24.1 Å². The third kappa shape index (κ3) is 2.01. The number of anilines is 1. The van der Waals surface area contributed by atoms with Gasteiger partial charge >= 0.3 is 0 Å². The molecule has 0 aliphatic rings. The van der Waals surface area contributed by atoms with Gasteiger partial charge in [-0.25, -0.2) is 0 Å². The number of hydrogen-bond acceptors (Lipinski definition) is 4. The average Bonchev–Trinajstić information content (AvgIpc) is 2.48. The summed E-state index contributed by atoms with van der Waals surface area (Å²) in [6, 6.07) is 12.0. The van der Waals surface area contributed by atoms with Gasteiger partial charge in [0, 0.05) is 29.1 Å². The van der Waals surface area contributed by atoms with Crippen molar-refractivity contribution in [2.24, 2.45) is 0 Å². The topological polar surface area (TPSA) is 64.7 Å². The van der Waals surface area contributed by atoms with E-state index >= 15 is 0 Å². The van der Waals surface area contributed by atoms with Crippen LogP contribution in [0.5, 0.6) is 0 Å². The molecule has 1 unspecified atom stereocenters. The van der Waals surface area contributed by atoms with Gasteiger partial charge in [-0.2, -0.15) is 5.10 Å². The molecule has 0 aliphatic carbocycles. The maximum absolute atomic E-state index is 5.88. The maximum atomic E-state index is 5.88. The zero-order valence-electron chi connectivity index (χ0n) is 10.6. The van der Waals surface area contributed by atoms with E-state index in [1.807, 2.05) is 36.4 Å². The molecule has 19 heavy (non-hydrogen) atoms. The molecule has 3 aromatic rings. The minimum absolute atomic E-state index is 0.154. The van der Waals surface area contributed by atoms with E-state index in [4.69, 9.17) is 5.73 Å². The van der Waals surface area contributed by atoms with E-state index in [9.17, 15) is 0 Å². The van der Waals surface area contributed by atoms with Crippen LogP contribution < -0.4 is 5.73 Å². The van der Waals surface area contributed by atoms with Crippen LogP contribution in [0.4, 0.5) is 5.82 Å². The zero-order valence-corrected chi connectivity index (χ0v) is 10.6. The van der Waals surface area contributed by atoms with Gasteiger partial charge in [-0.15, -0.1) is 5.10 Å². The second kappa shape index (κ2) is 4.65. The minimum Gasteiger partial charge on any atom is -0.382 e. The quantitative estimate of drug-likeness (QED) is 0.759. The van der Waals surface area contributed by atoms with Crippen molar-refractivity contribution >= 4 is 16.6 Å². The first-order valence-corrected chi connectivity index (χ1v) is 6.18. The first-order chi connectivity index (χ1) is 9.27. The molecule has 0 saturated heterocycles. The molecule has 2 aromatic heterocycles. The Morgan fingerprint density at radius 2 is 1.63 bits per heavy atom. The Balaban J connectivity index is 2.18. The third-order valence-corrected chi connectivity index (χ3v) is 3.36. The van der Waals surface area contributed by atoms with E-state index in [-0.39, 0.29) is 5.92 Å².